The summed E-state index contributed by atoms with van der Waals surface area (Å²) in [6.45, 7) is 6.31. The third-order valence-electron chi connectivity index (χ3n) is 4.43. The molecule has 2 rings (SSSR count). The van der Waals surface area contributed by atoms with Crippen LogP contribution in [-0.2, 0) is 11.2 Å². The SMILES string of the molecule is CCOc1ccc(CCC(=O)N2CCC(C)CC2CN)cc1.Cl. The van der Waals surface area contributed by atoms with Crippen molar-refractivity contribution < 1.29 is 9.53 Å². The van der Waals surface area contributed by atoms with E-state index in [2.05, 4.69) is 6.92 Å². The van der Waals surface area contributed by atoms with Crippen LogP contribution < -0.4 is 10.5 Å². The first-order valence-electron chi connectivity index (χ1n) is 8.35. The van der Waals surface area contributed by atoms with E-state index in [1.165, 1.54) is 5.56 Å². The van der Waals surface area contributed by atoms with Gasteiger partial charge in [-0.05, 0) is 49.8 Å². The van der Waals surface area contributed by atoms with Crippen LogP contribution in [0, 0.1) is 5.92 Å². The fourth-order valence-corrected chi connectivity index (χ4v) is 3.12. The van der Waals surface area contributed by atoms with E-state index in [0.29, 0.717) is 25.5 Å². The smallest absolute Gasteiger partial charge is 0.223 e. The van der Waals surface area contributed by atoms with Crippen LogP contribution in [0.2, 0.25) is 0 Å². The Hall–Kier alpha value is -1.26. The van der Waals surface area contributed by atoms with Gasteiger partial charge in [-0.3, -0.25) is 4.79 Å². The maximum absolute atomic E-state index is 12.5. The Kier molecular flexibility index (Phi) is 8.42. The van der Waals surface area contributed by atoms with Gasteiger partial charge in [0.25, 0.3) is 0 Å². The minimum absolute atomic E-state index is 0. The topological polar surface area (TPSA) is 55.6 Å². The summed E-state index contributed by atoms with van der Waals surface area (Å²) in [5.74, 6) is 1.78. The van der Waals surface area contributed by atoms with E-state index in [9.17, 15) is 4.79 Å². The molecule has 1 heterocycles. The number of aryl methyl sites for hydroxylation is 1. The highest BCUT2D eigenvalue weighted by molar-refractivity contribution is 5.85. The number of benzene rings is 1. The predicted octanol–water partition coefficient (Wildman–Crippen LogP) is 3.03. The molecule has 2 N–H and O–H groups in total. The lowest BCUT2D eigenvalue weighted by atomic mass is 9.92. The van der Waals surface area contributed by atoms with Gasteiger partial charge < -0.3 is 15.4 Å². The van der Waals surface area contributed by atoms with Crippen molar-refractivity contribution in [3.63, 3.8) is 0 Å². The lowest BCUT2D eigenvalue weighted by Gasteiger charge is -2.38. The van der Waals surface area contributed by atoms with Crippen molar-refractivity contribution in [2.45, 2.75) is 45.6 Å². The Morgan fingerprint density at radius 1 is 1.35 bits per heavy atom. The molecule has 130 valence electrons. The highest BCUT2D eigenvalue weighted by Gasteiger charge is 2.28. The fraction of sp³-hybridized carbons (Fsp3) is 0.611. The van der Waals surface area contributed by atoms with Gasteiger partial charge in [0.1, 0.15) is 5.75 Å². The van der Waals surface area contributed by atoms with Crippen LogP contribution in [0.3, 0.4) is 0 Å². The van der Waals surface area contributed by atoms with Gasteiger partial charge in [-0.15, -0.1) is 12.4 Å². The first-order valence-corrected chi connectivity index (χ1v) is 8.35. The fourth-order valence-electron chi connectivity index (χ4n) is 3.12. The zero-order valence-corrected chi connectivity index (χ0v) is 15.0. The second-order valence-corrected chi connectivity index (χ2v) is 6.18. The maximum atomic E-state index is 12.5. The minimum Gasteiger partial charge on any atom is -0.494 e. The maximum Gasteiger partial charge on any atom is 0.223 e. The Labute approximate surface area is 145 Å². The van der Waals surface area contributed by atoms with Crippen molar-refractivity contribution in [3.05, 3.63) is 29.8 Å². The van der Waals surface area contributed by atoms with Gasteiger partial charge in [0.05, 0.1) is 6.61 Å². The van der Waals surface area contributed by atoms with Gasteiger partial charge in [-0.25, -0.2) is 0 Å². The molecular weight excluding hydrogens is 312 g/mol. The zero-order valence-electron chi connectivity index (χ0n) is 14.2. The van der Waals surface area contributed by atoms with Crippen LogP contribution in [-0.4, -0.2) is 36.5 Å². The zero-order chi connectivity index (χ0) is 15.9. The van der Waals surface area contributed by atoms with Crippen LogP contribution in [0.5, 0.6) is 5.75 Å². The molecule has 2 atom stereocenters. The lowest BCUT2D eigenvalue weighted by Crippen LogP contribution is -2.49. The van der Waals surface area contributed by atoms with E-state index < -0.39 is 0 Å². The normalized spacial score (nSPS) is 20.7. The first kappa shape index (κ1) is 19.8. The molecule has 1 fully saturated rings. The molecule has 1 aromatic rings. The Bertz CT molecular complexity index is 478. The third kappa shape index (κ3) is 5.70. The van der Waals surface area contributed by atoms with Gasteiger partial charge in [-0.1, -0.05) is 19.1 Å². The second kappa shape index (κ2) is 9.78. The van der Waals surface area contributed by atoms with Crippen molar-refractivity contribution in [2.24, 2.45) is 11.7 Å². The van der Waals surface area contributed by atoms with Crippen LogP contribution >= 0.6 is 12.4 Å². The number of likely N-dealkylation sites (tertiary alicyclic amines) is 1. The molecular formula is C18H29ClN2O2. The summed E-state index contributed by atoms with van der Waals surface area (Å²) in [6.07, 6.45) is 3.45. The quantitative estimate of drug-likeness (QED) is 0.866. The van der Waals surface area contributed by atoms with Gasteiger partial charge >= 0.3 is 0 Å². The highest BCUT2D eigenvalue weighted by Crippen LogP contribution is 2.23. The molecule has 1 aliphatic rings. The van der Waals surface area contributed by atoms with Crippen molar-refractivity contribution in [1.82, 2.24) is 4.90 Å². The number of hydrogen-bond donors (Lipinski definition) is 1. The predicted molar refractivity (Wildman–Crippen MR) is 96.1 cm³/mol. The molecule has 4 nitrogen and oxygen atoms in total. The number of rotatable bonds is 6. The number of ether oxygens (including phenoxy) is 1. The van der Waals surface area contributed by atoms with E-state index in [1.54, 1.807) is 0 Å². The van der Waals surface area contributed by atoms with E-state index in [4.69, 9.17) is 10.5 Å². The third-order valence-corrected chi connectivity index (χ3v) is 4.43. The number of amides is 1. The Morgan fingerprint density at radius 2 is 2.04 bits per heavy atom. The van der Waals surface area contributed by atoms with Crippen LogP contribution in [0.15, 0.2) is 24.3 Å². The first-order chi connectivity index (χ1) is 10.6. The monoisotopic (exact) mass is 340 g/mol. The average molecular weight is 341 g/mol. The molecule has 0 bridgehead atoms. The Balaban J connectivity index is 0.00000264. The van der Waals surface area contributed by atoms with Gasteiger partial charge in [-0.2, -0.15) is 0 Å². The molecule has 0 aromatic heterocycles. The van der Waals surface area contributed by atoms with E-state index in [0.717, 1.165) is 31.6 Å². The summed E-state index contributed by atoms with van der Waals surface area (Å²) in [7, 11) is 0. The van der Waals surface area contributed by atoms with Crippen LogP contribution in [0.4, 0.5) is 0 Å². The van der Waals surface area contributed by atoms with Crippen LogP contribution in [0.1, 0.15) is 38.7 Å². The standard InChI is InChI=1S/C18H28N2O2.ClH/c1-3-22-17-7-4-15(5-8-17)6-9-18(21)20-11-10-14(2)12-16(20)13-19;/h4-5,7-8,14,16H,3,6,9-13,19H2,1-2H3;1H. The number of carbonyl (C=O) groups excluding carboxylic acids is 1. The second-order valence-electron chi connectivity index (χ2n) is 6.18. The van der Waals surface area contributed by atoms with E-state index in [-0.39, 0.29) is 24.4 Å². The largest absolute Gasteiger partial charge is 0.494 e. The highest BCUT2D eigenvalue weighted by atomic mass is 35.5. The van der Waals surface area contributed by atoms with Gasteiger partial charge in [0, 0.05) is 25.6 Å². The van der Waals surface area contributed by atoms with Gasteiger partial charge in [0.15, 0.2) is 0 Å². The number of nitrogens with two attached hydrogens (primary N) is 1. The van der Waals surface area contributed by atoms with Crippen molar-refractivity contribution in [3.8, 4) is 5.75 Å². The molecule has 0 saturated carbocycles. The molecule has 0 spiro atoms. The molecule has 1 aromatic carbocycles. The summed E-state index contributed by atoms with van der Waals surface area (Å²) in [5, 5.41) is 0. The molecule has 23 heavy (non-hydrogen) atoms. The van der Waals surface area contributed by atoms with Crippen molar-refractivity contribution in [1.29, 1.82) is 0 Å². The average Bonchev–Trinajstić information content (AvgIpc) is 2.54. The summed E-state index contributed by atoms with van der Waals surface area (Å²) in [4.78, 5) is 14.5. The molecule has 1 amide bonds. The molecule has 1 saturated heterocycles. The number of hydrogen-bond acceptors (Lipinski definition) is 3. The minimum atomic E-state index is 0. The summed E-state index contributed by atoms with van der Waals surface area (Å²) < 4.78 is 5.43. The van der Waals surface area contributed by atoms with Crippen molar-refractivity contribution >= 4 is 18.3 Å². The van der Waals surface area contributed by atoms with E-state index in [1.807, 2.05) is 36.1 Å². The lowest BCUT2D eigenvalue weighted by molar-refractivity contribution is -0.135. The van der Waals surface area contributed by atoms with E-state index >= 15 is 0 Å². The summed E-state index contributed by atoms with van der Waals surface area (Å²) in [6, 6.07) is 8.23. The number of piperidine rings is 1. The number of halogens is 1. The summed E-state index contributed by atoms with van der Waals surface area (Å²) >= 11 is 0. The van der Waals surface area contributed by atoms with Crippen molar-refractivity contribution in [2.75, 3.05) is 19.7 Å². The summed E-state index contributed by atoms with van der Waals surface area (Å²) in [5.41, 5.74) is 7.01. The van der Waals surface area contributed by atoms with Crippen LogP contribution in [0.25, 0.3) is 0 Å². The van der Waals surface area contributed by atoms with Gasteiger partial charge in [0.2, 0.25) is 5.91 Å². The Morgan fingerprint density at radius 3 is 2.65 bits per heavy atom. The number of carbonyl (C=O) groups is 1. The number of nitrogens with zero attached hydrogens (tertiary/aromatic N) is 1. The molecule has 2 unspecified atom stereocenters. The molecule has 1 aliphatic heterocycles. The molecule has 0 radical (unpaired) electrons. The molecule has 5 heteroatoms. The molecule has 0 aliphatic carbocycles.